The predicted octanol–water partition coefficient (Wildman–Crippen LogP) is 6.05. The molecule has 0 aliphatic heterocycles. The number of carbonyl (C=O) groups excluding carboxylic acids is 1. The Labute approximate surface area is 271 Å². The van der Waals surface area contributed by atoms with E-state index in [0.29, 0.717) is 0 Å². The van der Waals surface area contributed by atoms with Gasteiger partial charge in [-0.15, -0.1) is 5.10 Å². The quantitative estimate of drug-likeness (QED) is 0.179. The monoisotopic (exact) mass is 621 g/mol. The minimum Gasteiger partial charge on any atom is -0.480 e. The van der Waals surface area contributed by atoms with Gasteiger partial charge in [0.05, 0.1) is 0 Å². The minimum absolute atomic E-state index is 0.0586. The number of carboxylic acids is 1. The molecule has 0 spiro atoms. The van der Waals surface area contributed by atoms with Gasteiger partial charge in [-0.05, 0) is 49.4 Å². The average Bonchev–Trinajstić information content (AvgIpc) is 3.71. The van der Waals surface area contributed by atoms with Gasteiger partial charge in [-0.3, -0.25) is 0 Å². The van der Waals surface area contributed by atoms with Crippen molar-refractivity contribution in [2.75, 3.05) is 6.61 Å². The van der Waals surface area contributed by atoms with Crippen molar-refractivity contribution < 1.29 is 19.4 Å². The number of carbonyl (C=O) groups is 2. The van der Waals surface area contributed by atoms with Gasteiger partial charge in [-0.1, -0.05) is 140 Å². The number of ether oxygens (including phenoxy) is 1. The molecule has 9 nitrogen and oxygen atoms in total. The Balaban J connectivity index is 1.19. The molecule has 9 heteroatoms. The standard InChI is InChI=1S/C38H31N5O4/c44-36(45)34(39-37(46)47-25-33-31-22-12-10-20-29(31)30-21-11-13-23-32(30)33)24-35-40-41-42-43(35)38(26-14-4-1-5-15-26,27-16-6-2-7-17-27)28-18-8-3-9-19-28/h1-23,33-34H,24-25H2,(H,39,46)(H,44,45)/t34-/m0/s1. The van der Waals surface area contributed by atoms with Crippen molar-refractivity contribution in [3.05, 3.63) is 173 Å². The first-order valence-electron chi connectivity index (χ1n) is 15.4. The Morgan fingerprint density at radius 2 is 1.19 bits per heavy atom. The summed E-state index contributed by atoms with van der Waals surface area (Å²) in [7, 11) is 0. The van der Waals surface area contributed by atoms with E-state index in [4.69, 9.17) is 4.74 Å². The van der Waals surface area contributed by atoms with E-state index in [0.717, 1.165) is 38.9 Å². The Bertz CT molecular complexity index is 1870. The maximum absolute atomic E-state index is 13.2. The second-order valence-corrected chi connectivity index (χ2v) is 11.4. The molecule has 1 atom stereocenters. The SMILES string of the molecule is O=C(N[C@@H](Cc1nnnn1C(c1ccccc1)(c1ccccc1)c1ccccc1)C(=O)O)OCC1c2ccccc2-c2ccccc21. The lowest BCUT2D eigenvalue weighted by atomic mass is 9.77. The summed E-state index contributed by atoms with van der Waals surface area (Å²) < 4.78 is 7.33. The molecule has 0 saturated carbocycles. The highest BCUT2D eigenvalue weighted by atomic mass is 16.5. The van der Waals surface area contributed by atoms with Crippen molar-refractivity contribution in [2.24, 2.45) is 0 Å². The van der Waals surface area contributed by atoms with E-state index in [2.05, 4.69) is 33.0 Å². The van der Waals surface area contributed by atoms with E-state index in [1.54, 1.807) is 4.68 Å². The third kappa shape index (κ3) is 5.42. The lowest BCUT2D eigenvalue weighted by molar-refractivity contribution is -0.139. The Morgan fingerprint density at radius 1 is 0.723 bits per heavy atom. The van der Waals surface area contributed by atoms with Crippen molar-refractivity contribution in [1.82, 2.24) is 25.5 Å². The van der Waals surface area contributed by atoms with Crippen LogP contribution in [0, 0.1) is 0 Å². The van der Waals surface area contributed by atoms with Crippen LogP contribution in [0.15, 0.2) is 140 Å². The molecule has 5 aromatic carbocycles. The average molecular weight is 622 g/mol. The van der Waals surface area contributed by atoms with Gasteiger partial charge < -0.3 is 15.2 Å². The molecule has 47 heavy (non-hydrogen) atoms. The molecule has 6 aromatic rings. The summed E-state index contributed by atoms with van der Waals surface area (Å²) in [6, 6.07) is 44.1. The van der Waals surface area contributed by atoms with Gasteiger partial charge in [0.25, 0.3) is 0 Å². The van der Waals surface area contributed by atoms with E-state index in [9.17, 15) is 14.7 Å². The van der Waals surface area contributed by atoms with Crippen LogP contribution in [-0.4, -0.2) is 50.0 Å². The topological polar surface area (TPSA) is 119 Å². The molecule has 0 radical (unpaired) electrons. The fourth-order valence-corrected chi connectivity index (χ4v) is 6.66. The van der Waals surface area contributed by atoms with Crippen molar-refractivity contribution in [1.29, 1.82) is 0 Å². The molecule has 0 saturated heterocycles. The lowest BCUT2D eigenvalue weighted by Crippen LogP contribution is -2.45. The fraction of sp³-hybridized carbons (Fsp3) is 0.132. The molecular formula is C38H31N5O4. The van der Waals surface area contributed by atoms with Crippen molar-refractivity contribution in [2.45, 2.75) is 23.9 Å². The molecule has 0 fully saturated rings. The number of rotatable bonds is 10. The summed E-state index contributed by atoms with van der Waals surface area (Å²) in [6.07, 6.45) is -1.03. The van der Waals surface area contributed by atoms with E-state index in [1.165, 1.54) is 0 Å². The van der Waals surface area contributed by atoms with Gasteiger partial charge in [0.1, 0.15) is 18.2 Å². The Morgan fingerprint density at radius 3 is 1.68 bits per heavy atom. The van der Waals surface area contributed by atoms with Crippen molar-refractivity contribution in [3.63, 3.8) is 0 Å². The Hall–Kier alpha value is -6.09. The van der Waals surface area contributed by atoms with Gasteiger partial charge >= 0.3 is 12.1 Å². The predicted molar refractivity (Wildman–Crippen MR) is 176 cm³/mol. The summed E-state index contributed by atoms with van der Waals surface area (Å²) in [5.41, 5.74) is 5.92. The van der Waals surface area contributed by atoms with E-state index in [-0.39, 0.29) is 24.8 Å². The number of benzene rings is 5. The van der Waals surface area contributed by atoms with E-state index < -0.39 is 23.6 Å². The number of fused-ring (bicyclic) bond motifs is 3. The number of aromatic nitrogens is 4. The van der Waals surface area contributed by atoms with Crippen LogP contribution >= 0.6 is 0 Å². The number of nitrogens with zero attached hydrogens (tertiary/aromatic N) is 4. The summed E-state index contributed by atoms with van der Waals surface area (Å²) in [4.78, 5) is 25.7. The van der Waals surface area contributed by atoms with Crippen molar-refractivity contribution >= 4 is 12.1 Å². The van der Waals surface area contributed by atoms with Crippen LogP contribution in [-0.2, 0) is 21.5 Å². The van der Waals surface area contributed by atoms with Crippen LogP contribution in [0.3, 0.4) is 0 Å². The smallest absolute Gasteiger partial charge is 0.407 e. The van der Waals surface area contributed by atoms with Crippen LogP contribution in [0.25, 0.3) is 11.1 Å². The summed E-state index contributed by atoms with van der Waals surface area (Å²) >= 11 is 0. The number of tetrazole rings is 1. The molecule has 1 aromatic heterocycles. The zero-order valence-electron chi connectivity index (χ0n) is 25.3. The molecule has 1 aliphatic carbocycles. The highest BCUT2D eigenvalue weighted by molar-refractivity contribution is 5.81. The molecule has 232 valence electrons. The molecule has 2 N–H and O–H groups in total. The number of amides is 1. The maximum Gasteiger partial charge on any atom is 0.407 e. The highest BCUT2D eigenvalue weighted by Crippen LogP contribution is 2.44. The first-order valence-corrected chi connectivity index (χ1v) is 15.4. The first-order chi connectivity index (χ1) is 23.1. The number of carboxylic acid groups (broad SMARTS) is 1. The molecule has 1 heterocycles. The van der Waals surface area contributed by atoms with Gasteiger partial charge in [0.15, 0.2) is 5.82 Å². The Kier molecular flexibility index (Phi) is 8.02. The number of alkyl carbamates (subject to hydrolysis) is 1. The summed E-state index contributed by atoms with van der Waals surface area (Å²) in [6.45, 7) is 0.0586. The second kappa shape index (κ2) is 12.7. The van der Waals surface area contributed by atoms with Gasteiger partial charge in [-0.25, -0.2) is 14.3 Å². The lowest BCUT2D eigenvalue weighted by Gasteiger charge is -2.36. The molecule has 7 rings (SSSR count). The molecular weight excluding hydrogens is 590 g/mol. The highest BCUT2D eigenvalue weighted by Gasteiger charge is 2.42. The third-order valence-electron chi connectivity index (χ3n) is 8.75. The zero-order valence-corrected chi connectivity index (χ0v) is 25.3. The minimum atomic E-state index is -1.37. The summed E-state index contributed by atoms with van der Waals surface area (Å²) in [5, 5.41) is 25.6. The first kappa shape index (κ1) is 29.6. The van der Waals surface area contributed by atoms with Crippen LogP contribution in [0.1, 0.15) is 39.6 Å². The zero-order chi connectivity index (χ0) is 32.2. The van der Waals surface area contributed by atoms with Gasteiger partial charge in [0, 0.05) is 12.3 Å². The molecule has 0 unspecified atom stereocenters. The van der Waals surface area contributed by atoms with Crippen LogP contribution < -0.4 is 5.32 Å². The third-order valence-corrected chi connectivity index (χ3v) is 8.75. The fourth-order valence-electron chi connectivity index (χ4n) is 6.66. The maximum atomic E-state index is 13.2. The molecule has 0 bridgehead atoms. The van der Waals surface area contributed by atoms with Crippen LogP contribution in [0.5, 0.6) is 0 Å². The number of hydrogen-bond donors (Lipinski definition) is 2. The normalized spacial score (nSPS) is 12.9. The molecule has 1 amide bonds. The number of aliphatic carboxylic acids is 1. The molecule has 1 aliphatic rings. The van der Waals surface area contributed by atoms with Crippen molar-refractivity contribution in [3.8, 4) is 11.1 Å². The van der Waals surface area contributed by atoms with E-state index >= 15 is 0 Å². The largest absolute Gasteiger partial charge is 0.480 e. The number of nitrogens with one attached hydrogen (secondary N) is 1. The summed E-state index contributed by atoms with van der Waals surface area (Å²) in [5.74, 6) is -1.13. The van der Waals surface area contributed by atoms with Crippen LogP contribution in [0.4, 0.5) is 4.79 Å². The second-order valence-electron chi connectivity index (χ2n) is 11.4. The number of hydrogen-bond acceptors (Lipinski definition) is 6. The van der Waals surface area contributed by atoms with Gasteiger partial charge in [-0.2, -0.15) is 0 Å². The van der Waals surface area contributed by atoms with Gasteiger partial charge in [0.2, 0.25) is 0 Å². The van der Waals surface area contributed by atoms with Crippen LogP contribution in [0.2, 0.25) is 0 Å². The van der Waals surface area contributed by atoms with E-state index in [1.807, 2.05) is 127 Å².